The van der Waals surface area contributed by atoms with E-state index in [0.717, 1.165) is 0 Å². The molecule has 0 saturated heterocycles. The Labute approximate surface area is 130 Å². The lowest BCUT2D eigenvalue weighted by Gasteiger charge is -2.08. The first kappa shape index (κ1) is 15.3. The molecule has 0 aliphatic carbocycles. The van der Waals surface area contributed by atoms with Crippen LogP contribution in [-0.2, 0) is 0 Å². The number of halogens is 2. The van der Waals surface area contributed by atoms with Gasteiger partial charge in [-0.1, -0.05) is 23.2 Å². The van der Waals surface area contributed by atoms with Crippen molar-refractivity contribution in [1.82, 2.24) is 0 Å². The molecule has 0 spiro atoms. The van der Waals surface area contributed by atoms with E-state index in [4.69, 9.17) is 27.9 Å². The molecule has 0 radical (unpaired) electrons. The maximum atomic E-state index is 11.2. The van der Waals surface area contributed by atoms with Gasteiger partial charge in [0.25, 0.3) is 5.69 Å². The molecule has 2 aromatic rings. The number of nitro groups is 1. The van der Waals surface area contributed by atoms with Gasteiger partial charge in [0.2, 0.25) is 0 Å². The van der Waals surface area contributed by atoms with Crippen LogP contribution >= 0.6 is 23.2 Å². The molecule has 0 saturated carbocycles. The van der Waals surface area contributed by atoms with Gasteiger partial charge in [0, 0.05) is 17.7 Å². The van der Waals surface area contributed by atoms with Gasteiger partial charge >= 0.3 is 0 Å². The summed E-state index contributed by atoms with van der Waals surface area (Å²) in [5.74, 6) is 0.525. The van der Waals surface area contributed by atoms with Crippen LogP contribution in [0.25, 0.3) is 0 Å². The minimum atomic E-state index is -0.583. The van der Waals surface area contributed by atoms with E-state index in [1.54, 1.807) is 12.1 Å². The lowest BCUT2D eigenvalue weighted by molar-refractivity contribution is -0.384. The van der Waals surface area contributed by atoms with Crippen molar-refractivity contribution in [3.05, 3.63) is 62.1 Å². The van der Waals surface area contributed by atoms with Gasteiger partial charge < -0.3 is 4.74 Å². The molecule has 2 aromatic carbocycles. The van der Waals surface area contributed by atoms with E-state index in [-0.39, 0.29) is 21.5 Å². The molecule has 0 aromatic heterocycles. The van der Waals surface area contributed by atoms with E-state index in [9.17, 15) is 14.9 Å². The molecular weight excluding hydrogens is 317 g/mol. The maximum Gasteiger partial charge on any atom is 0.288 e. The van der Waals surface area contributed by atoms with E-state index in [2.05, 4.69) is 0 Å². The lowest BCUT2D eigenvalue weighted by atomic mass is 10.1. The summed E-state index contributed by atoms with van der Waals surface area (Å²) in [6.45, 7) is 1.43. The Hall–Kier alpha value is -2.11. The van der Waals surface area contributed by atoms with Gasteiger partial charge in [-0.25, -0.2) is 0 Å². The molecule has 2 rings (SSSR count). The monoisotopic (exact) mass is 325 g/mol. The zero-order valence-electron chi connectivity index (χ0n) is 10.8. The summed E-state index contributed by atoms with van der Waals surface area (Å²) in [5.41, 5.74) is 0.260. The van der Waals surface area contributed by atoms with Crippen molar-refractivity contribution in [3.63, 3.8) is 0 Å². The van der Waals surface area contributed by atoms with Crippen LogP contribution < -0.4 is 4.74 Å². The van der Waals surface area contributed by atoms with Gasteiger partial charge in [-0.05, 0) is 31.2 Å². The Bertz CT molecular complexity index is 731. The molecule has 0 amide bonds. The summed E-state index contributed by atoms with van der Waals surface area (Å²) in [6.07, 6.45) is 0. The number of ketones is 1. The van der Waals surface area contributed by atoms with Gasteiger partial charge in [-0.2, -0.15) is 0 Å². The lowest BCUT2D eigenvalue weighted by Crippen LogP contribution is -1.93. The normalized spacial score (nSPS) is 10.2. The third kappa shape index (κ3) is 3.51. The summed E-state index contributed by atoms with van der Waals surface area (Å²) in [6, 6.07) is 8.61. The van der Waals surface area contributed by atoms with Crippen molar-refractivity contribution < 1.29 is 14.5 Å². The molecule has 0 bridgehead atoms. The second kappa shape index (κ2) is 6.11. The quantitative estimate of drug-likeness (QED) is 0.455. The smallest absolute Gasteiger partial charge is 0.288 e. The Morgan fingerprint density at radius 3 is 2.38 bits per heavy atom. The van der Waals surface area contributed by atoms with Crippen molar-refractivity contribution in [3.8, 4) is 11.5 Å². The fourth-order valence-corrected chi connectivity index (χ4v) is 2.09. The van der Waals surface area contributed by atoms with Crippen LogP contribution in [0, 0.1) is 10.1 Å². The van der Waals surface area contributed by atoms with Crippen LogP contribution in [0.4, 0.5) is 5.69 Å². The number of carbonyl (C=O) groups is 1. The Morgan fingerprint density at radius 2 is 1.86 bits per heavy atom. The predicted octanol–water partition coefficient (Wildman–Crippen LogP) is 4.90. The molecule has 5 nitrogen and oxygen atoms in total. The number of nitrogens with zero attached hydrogens (tertiary/aromatic N) is 1. The van der Waals surface area contributed by atoms with Crippen LogP contribution in [0.5, 0.6) is 11.5 Å². The number of rotatable bonds is 4. The van der Waals surface area contributed by atoms with Gasteiger partial charge in [0.1, 0.15) is 16.5 Å². The summed E-state index contributed by atoms with van der Waals surface area (Å²) in [4.78, 5) is 21.3. The number of carbonyl (C=O) groups excluding carboxylic acids is 1. The Kier molecular flexibility index (Phi) is 4.45. The predicted molar refractivity (Wildman–Crippen MR) is 79.6 cm³/mol. The first-order chi connectivity index (χ1) is 9.88. The molecule has 0 fully saturated rings. The molecular formula is C14H9Cl2NO4. The minimum Gasteiger partial charge on any atom is -0.456 e. The zero-order valence-corrected chi connectivity index (χ0v) is 12.3. The van der Waals surface area contributed by atoms with Gasteiger partial charge in [-0.3, -0.25) is 14.9 Å². The summed E-state index contributed by atoms with van der Waals surface area (Å²) < 4.78 is 5.51. The van der Waals surface area contributed by atoms with Crippen molar-refractivity contribution in [2.24, 2.45) is 0 Å². The highest BCUT2D eigenvalue weighted by Gasteiger charge is 2.14. The van der Waals surface area contributed by atoms with Gasteiger partial charge in [-0.15, -0.1) is 0 Å². The van der Waals surface area contributed by atoms with Crippen LogP contribution in [0.15, 0.2) is 36.4 Å². The average Bonchev–Trinajstić information content (AvgIpc) is 2.40. The second-order valence-corrected chi connectivity index (χ2v) is 4.99. The van der Waals surface area contributed by atoms with Gasteiger partial charge in [0.15, 0.2) is 5.78 Å². The molecule has 0 atom stereocenters. The summed E-state index contributed by atoms with van der Waals surface area (Å²) >= 11 is 11.8. The minimum absolute atomic E-state index is 0.0334. The summed E-state index contributed by atoms with van der Waals surface area (Å²) in [7, 11) is 0. The number of hydrogen-bond donors (Lipinski definition) is 0. The molecule has 0 unspecified atom stereocenters. The second-order valence-electron chi connectivity index (χ2n) is 4.17. The molecule has 0 N–H and O–H groups in total. The van der Waals surface area contributed by atoms with Crippen molar-refractivity contribution in [1.29, 1.82) is 0 Å². The fraction of sp³-hybridized carbons (Fsp3) is 0.0714. The van der Waals surface area contributed by atoms with E-state index >= 15 is 0 Å². The third-order valence-electron chi connectivity index (χ3n) is 2.68. The van der Waals surface area contributed by atoms with Crippen LogP contribution in [0.1, 0.15) is 17.3 Å². The molecule has 0 heterocycles. The molecule has 0 aliphatic heterocycles. The van der Waals surface area contributed by atoms with E-state index in [0.29, 0.717) is 17.1 Å². The van der Waals surface area contributed by atoms with E-state index < -0.39 is 4.92 Å². The highest BCUT2D eigenvalue weighted by atomic mass is 35.5. The molecule has 21 heavy (non-hydrogen) atoms. The number of Topliss-reactive ketones (excluding diaryl/α,β-unsaturated/α-hetero) is 1. The number of nitro benzene ring substituents is 1. The highest BCUT2D eigenvalue weighted by molar-refractivity contribution is 6.33. The number of ether oxygens (including phenoxy) is 1. The standard InChI is InChI=1S/C14H9Cl2NO4/c1-8(18)9-2-5-14(12(16)6-9)21-10-3-4-13(17(19)20)11(15)7-10/h2-7H,1H3. The SMILES string of the molecule is CC(=O)c1ccc(Oc2ccc([N+](=O)[O-])c(Cl)c2)c(Cl)c1. The average molecular weight is 326 g/mol. The highest BCUT2D eigenvalue weighted by Crippen LogP contribution is 2.34. The molecule has 108 valence electrons. The van der Waals surface area contributed by atoms with E-state index in [1.807, 2.05) is 0 Å². The Balaban J connectivity index is 2.28. The fourth-order valence-electron chi connectivity index (χ4n) is 1.63. The molecule has 7 heteroatoms. The number of benzene rings is 2. The van der Waals surface area contributed by atoms with Crippen molar-refractivity contribution in [2.45, 2.75) is 6.92 Å². The van der Waals surface area contributed by atoms with Gasteiger partial charge in [0.05, 0.1) is 9.95 Å². The topological polar surface area (TPSA) is 69.4 Å². The summed E-state index contributed by atoms with van der Waals surface area (Å²) in [5, 5.41) is 10.9. The zero-order chi connectivity index (χ0) is 15.6. The maximum absolute atomic E-state index is 11.2. The number of hydrogen-bond acceptors (Lipinski definition) is 4. The van der Waals surface area contributed by atoms with Crippen molar-refractivity contribution in [2.75, 3.05) is 0 Å². The van der Waals surface area contributed by atoms with Crippen LogP contribution in [0.3, 0.4) is 0 Å². The largest absolute Gasteiger partial charge is 0.456 e. The first-order valence-electron chi connectivity index (χ1n) is 5.81. The van der Waals surface area contributed by atoms with Crippen molar-refractivity contribution >= 4 is 34.7 Å². The third-order valence-corrected chi connectivity index (χ3v) is 3.28. The van der Waals surface area contributed by atoms with Crippen LogP contribution in [-0.4, -0.2) is 10.7 Å². The molecule has 0 aliphatic rings. The first-order valence-corrected chi connectivity index (χ1v) is 6.56. The Morgan fingerprint density at radius 1 is 1.14 bits per heavy atom. The van der Waals surface area contributed by atoms with Crippen LogP contribution in [0.2, 0.25) is 10.0 Å². The van der Waals surface area contributed by atoms with E-state index in [1.165, 1.54) is 31.2 Å².